The van der Waals surface area contributed by atoms with Gasteiger partial charge in [-0.2, -0.15) is 0 Å². The summed E-state index contributed by atoms with van der Waals surface area (Å²) in [5.74, 6) is 2.36. The van der Waals surface area contributed by atoms with Gasteiger partial charge >= 0.3 is 0 Å². The summed E-state index contributed by atoms with van der Waals surface area (Å²) in [5.41, 5.74) is 3.16. The number of ether oxygens (including phenoxy) is 2. The van der Waals surface area contributed by atoms with Gasteiger partial charge in [0.2, 0.25) is 0 Å². The monoisotopic (exact) mass is 298 g/mol. The predicted molar refractivity (Wildman–Crippen MR) is 89.7 cm³/mol. The first kappa shape index (κ1) is 15.9. The van der Waals surface area contributed by atoms with Gasteiger partial charge in [-0.25, -0.2) is 4.98 Å². The highest BCUT2D eigenvalue weighted by atomic mass is 16.5. The molecule has 1 heterocycles. The first-order chi connectivity index (χ1) is 10.7. The van der Waals surface area contributed by atoms with E-state index >= 15 is 0 Å². The first-order valence-corrected chi connectivity index (χ1v) is 7.20. The highest BCUT2D eigenvalue weighted by Gasteiger charge is 2.11. The molecule has 0 amide bonds. The molecule has 0 fully saturated rings. The zero-order valence-corrected chi connectivity index (χ0v) is 13.3. The molecule has 0 aliphatic heterocycles. The molecule has 116 valence electrons. The van der Waals surface area contributed by atoms with Gasteiger partial charge in [0, 0.05) is 17.8 Å². The fraction of sp³-hybridized carbons (Fsp3) is 0.278. The highest BCUT2D eigenvalue weighted by Crippen LogP contribution is 2.33. The quantitative estimate of drug-likeness (QED) is 0.791. The normalized spacial score (nSPS) is 10.1. The largest absolute Gasteiger partial charge is 0.493 e. The van der Waals surface area contributed by atoms with Gasteiger partial charge in [0.15, 0.2) is 11.5 Å². The topological polar surface area (TPSA) is 43.4 Å². The number of benzene rings is 1. The third-order valence-electron chi connectivity index (χ3n) is 3.34. The molecular formula is C18H22N2O2. The Hall–Kier alpha value is -2.49. The number of aryl methyl sites for hydroxylation is 1. The summed E-state index contributed by atoms with van der Waals surface area (Å²) >= 11 is 0. The number of anilines is 1. The van der Waals surface area contributed by atoms with Crippen LogP contribution in [0.15, 0.2) is 43.0 Å². The van der Waals surface area contributed by atoms with E-state index in [0.29, 0.717) is 6.54 Å². The third-order valence-corrected chi connectivity index (χ3v) is 3.34. The summed E-state index contributed by atoms with van der Waals surface area (Å²) < 4.78 is 10.9. The zero-order valence-electron chi connectivity index (χ0n) is 13.3. The number of nitrogens with one attached hydrogen (secondary N) is 1. The molecule has 0 bridgehead atoms. The third kappa shape index (κ3) is 3.79. The fourth-order valence-electron chi connectivity index (χ4n) is 2.35. The number of rotatable bonds is 7. The first-order valence-electron chi connectivity index (χ1n) is 7.20. The van der Waals surface area contributed by atoms with E-state index in [1.807, 2.05) is 37.3 Å². The van der Waals surface area contributed by atoms with Crippen molar-refractivity contribution in [2.75, 3.05) is 19.5 Å². The zero-order chi connectivity index (χ0) is 15.9. The average molecular weight is 298 g/mol. The molecule has 4 nitrogen and oxygen atoms in total. The lowest BCUT2D eigenvalue weighted by Crippen LogP contribution is -2.04. The van der Waals surface area contributed by atoms with Gasteiger partial charge in [0.25, 0.3) is 0 Å². The molecule has 0 saturated carbocycles. The minimum Gasteiger partial charge on any atom is -0.493 e. The van der Waals surface area contributed by atoms with Crippen LogP contribution in [-0.4, -0.2) is 19.2 Å². The number of hydrogen-bond acceptors (Lipinski definition) is 4. The minimum atomic E-state index is 0.668. The Kier molecular flexibility index (Phi) is 5.42. The van der Waals surface area contributed by atoms with Crippen LogP contribution in [0.25, 0.3) is 0 Å². The summed E-state index contributed by atoms with van der Waals surface area (Å²) in [4.78, 5) is 4.44. The minimum absolute atomic E-state index is 0.668. The molecule has 1 aromatic carbocycles. The van der Waals surface area contributed by atoms with Crippen molar-refractivity contribution in [3.63, 3.8) is 0 Å². The van der Waals surface area contributed by atoms with Crippen LogP contribution in [-0.2, 0) is 13.0 Å². The number of pyridine rings is 1. The van der Waals surface area contributed by atoms with Gasteiger partial charge in [0.1, 0.15) is 5.82 Å². The molecule has 2 aromatic rings. The fourth-order valence-corrected chi connectivity index (χ4v) is 2.35. The molecule has 22 heavy (non-hydrogen) atoms. The second-order valence-corrected chi connectivity index (χ2v) is 5.00. The van der Waals surface area contributed by atoms with Gasteiger partial charge in [0.05, 0.1) is 14.2 Å². The number of allylic oxidation sites excluding steroid dienone is 1. The summed E-state index contributed by atoms with van der Waals surface area (Å²) in [6.45, 7) is 6.44. The van der Waals surface area contributed by atoms with Crippen LogP contribution in [0.3, 0.4) is 0 Å². The van der Waals surface area contributed by atoms with Crippen molar-refractivity contribution in [2.45, 2.75) is 19.9 Å². The number of methoxy groups -OCH3 is 2. The maximum absolute atomic E-state index is 5.45. The maximum Gasteiger partial charge on any atom is 0.164 e. The average Bonchev–Trinajstić information content (AvgIpc) is 2.52. The Bertz CT molecular complexity index is 654. The number of hydrogen-bond donors (Lipinski definition) is 1. The van der Waals surface area contributed by atoms with Crippen molar-refractivity contribution in [1.82, 2.24) is 4.98 Å². The van der Waals surface area contributed by atoms with Crippen molar-refractivity contribution in [3.05, 3.63) is 59.8 Å². The highest BCUT2D eigenvalue weighted by molar-refractivity contribution is 5.51. The van der Waals surface area contributed by atoms with Crippen molar-refractivity contribution >= 4 is 5.82 Å². The van der Waals surface area contributed by atoms with E-state index in [9.17, 15) is 0 Å². The van der Waals surface area contributed by atoms with E-state index in [1.54, 1.807) is 14.2 Å². The van der Waals surface area contributed by atoms with Crippen molar-refractivity contribution in [3.8, 4) is 11.5 Å². The van der Waals surface area contributed by atoms with E-state index in [2.05, 4.69) is 22.9 Å². The summed E-state index contributed by atoms with van der Waals surface area (Å²) in [6, 6.07) is 10.0. The molecule has 0 atom stereocenters. The van der Waals surface area contributed by atoms with Crippen LogP contribution in [0.5, 0.6) is 11.5 Å². The lowest BCUT2D eigenvalue weighted by molar-refractivity contribution is 0.352. The molecular weight excluding hydrogens is 276 g/mol. The Morgan fingerprint density at radius 1 is 1.23 bits per heavy atom. The van der Waals surface area contributed by atoms with Crippen LogP contribution < -0.4 is 14.8 Å². The van der Waals surface area contributed by atoms with Crippen LogP contribution >= 0.6 is 0 Å². The van der Waals surface area contributed by atoms with E-state index in [4.69, 9.17) is 9.47 Å². The lowest BCUT2D eigenvalue weighted by atomic mass is 10.1. The molecule has 2 rings (SSSR count). The maximum atomic E-state index is 5.45. The molecule has 0 saturated heterocycles. The molecule has 0 unspecified atom stereocenters. The number of aromatic nitrogens is 1. The van der Waals surface area contributed by atoms with Crippen LogP contribution in [0.1, 0.15) is 16.8 Å². The van der Waals surface area contributed by atoms with Crippen LogP contribution in [0, 0.1) is 6.92 Å². The van der Waals surface area contributed by atoms with Gasteiger partial charge in [-0.05, 0) is 43.2 Å². The Labute approximate surface area is 131 Å². The summed E-state index contributed by atoms with van der Waals surface area (Å²) in [5, 5.41) is 3.33. The van der Waals surface area contributed by atoms with Crippen LogP contribution in [0.4, 0.5) is 5.82 Å². The van der Waals surface area contributed by atoms with Crippen LogP contribution in [0.2, 0.25) is 0 Å². The molecule has 1 aromatic heterocycles. The van der Waals surface area contributed by atoms with Crippen molar-refractivity contribution in [1.29, 1.82) is 0 Å². The SMILES string of the molecule is C=CCc1cc(CNc2cccc(C)n2)cc(OC)c1OC. The van der Waals surface area contributed by atoms with Gasteiger partial charge in [-0.15, -0.1) is 6.58 Å². The molecule has 0 aliphatic carbocycles. The number of nitrogens with zero attached hydrogens (tertiary/aromatic N) is 1. The lowest BCUT2D eigenvalue weighted by Gasteiger charge is -2.15. The molecule has 0 spiro atoms. The molecule has 0 aliphatic rings. The van der Waals surface area contributed by atoms with Gasteiger partial charge in [-0.3, -0.25) is 0 Å². The predicted octanol–water partition coefficient (Wildman–Crippen LogP) is 3.75. The molecule has 1 N–H and O–H groups in total. The smallest absolute Gasteiger partial charge is 0.164 e. The van der Waals surface area contributed by atoms with Gasteiger partial charge in [-0.1, -0.05) is 12.1 Å². The van der Waals surface area contributed by atoms with E-state index in [-0.39, 0.29) is 0 Å². The Morgan fingerprint density at radius 2 is 2.05 bits per heavy atom. The molecule has 4 heteroatoms. The van der Waals surface area contributed by atoms with Crippen molar-refractivity contribution in [2.24, 2.45) is 0 Å². The Balaban J connectivity index is 2.23. The van der Waals surface area contributed by atoms with E-state index in [1.165, 1.54) is 0 Å². The second kappa shape index (κ2) is 7.50. The summed E-state index contributed by atoms with van der Waals surface area (Å²) in [6.07, 6.45) is 2.59. The van der Waals surface area contributed by atoms with E-state index in [0.717, 1.165) is 40.6 Å². The van der Waals surface area contributed by atoms with Gasteiger partial charge < -0.3 is 14.8 Å². The molecule has 0 radical (unpaired) electrons. The summed E-state index contributed by atoms with van der Waals surface area (Å²) in [7, 11) is 3.30. The van der Waals surface area contributed by atoms with Crippen molar-refractivity contribution < 1.29 is 9.47 Å². The standard InChI is InChI=1S/C18H22N2O2/c1-5-7-15-10-14(11-16(21-3)18(15)22-4)12-19-17-9-6-8-13(2)20-17/h5-6,8-11H,1,7,12H2,2-4H3,(H,19,20). The van der Waals surface area contributed by atoms with E-state index < -0.39 is 0 Å². The second-order valence-electron chi connectivity index (χ2n) is 5.00. The Morgan fingerprint density at radius 3 is 2.68 bits per heavy atom.